The number of fused-ring (bicyclic) bond motifs is 1. The predicted molar refractivity (Wildman–Crippen MR) is 81.0 cm³/mol. The molecule has 3 aromatic heterocycles. The second kappa shape index (κ2) is 5.53. The number of aromatic nitrogens is 3. The summed E-state index contributed by atoms with van der Waals surface area (Å²) in [6.07, 6.45) is 3.60. The van der Waals surface area contributed by atoms with Gasteiger partial charge in [0.1, 0.15) is 11.5 Å². The van der Waals surface area contributed by atoms with E-state index in [1.54, 1.807) is 23.7 Å². The van der Waals surface area contributed by atoms with Crippen molar-refractivity contribution in [2.75, 3.05) is 12.3 Å². The lowest BCUT2D eigenvalue weighted by molar-refractivity contribution is -0.142. The number of hydrogen-bond acceptors (Lipinski definition) is 6. The van der Waals surface area contributed by atoms with Crippen LogP contribution in [0.2, 0.25) is 0 Å². The normalized spacial score (nSPS) is 10.9. The van der Waals surface area contributed by atoms with Crippen LogP contribution in [0.5, 0.6) is 0 Å². The van der Waals surface area contributed by atoms with Crippen LogP contribution in [0.25, 0.3) is 16.2 Å². The number of carbonyl (C=O) groups excluding carboxylic acids is 1. The molecule has 0 saturated heterocycles. The van der Waals surface area contributed by atoms with Crippen molar-refractivity contribution in [3.8, 4) is 11.3 Å². The summed E-state index contributed by atoms with van der Waals surface area (Å²) >= 11 is 1.45. The van der Waals surface area contributed by atoms with Gasteiger partial charge in [-0.25, -0.2) is 4.98 Å². The van der Waals surface area contributed by atoms with E-state index >= 15 is 0 Å². The van der Waals surface area contributed by atoms with Gasteiger partial charge in [-0.1, -0.05) is 0 Å². The average Bonchev–Trinajstić information content (AvgIpc) is 3.02. The minimum atomic E-state index is -0.270. The number of ether oxygens (including phenoxy) is 1. The zero-order valence-electron chi connectivity index (χ0n) is 11.4. The largest absolute Gasteiger partial charge is 0.466 e. The van der Waals surface area contributed by atoms with Gasteiger partial charge in [-0.2, -0.15) is 0 Å². The molecule has 3 heterocycles. The number of carbonyl (C=O) groups is 1. The maximum absolute atomic E-state index is 11.6. The number of esters is 1. The maximum Gasteiger partial charge on any atom is 0.311 e. The second-order valence-electron chi connectivity index (χ2n) is 4.41. The molecule has 21 heavy (non-hydrogen) atoms. The first-order valence-corrected chi connectivity index (χ1v) is 7.39. The highest BCUT2D eigenvalue weighted by atomic mass is 32.1. The van der Waals surface area contributed by atoms with Gasteiger partial charge in [0, 0.05) is 29.0 Å². The fourth-order valence-corrected chi connectivity index (χ4v) is 3.03. The van der Waals surface area contributed by atoms with Gasteiger partial charge in [-0.3, -0.25) is 14.2 Å². The van der Waals surface area contributed by atoms with Gasteiger partial charge in [-0.05, 0) is 19.1 Å². The highest BCUT2D eigenvalue weighted by Crippen LogP contribution is 2.30. The number of pyridine rings is 1. The standard InChI is InChI=1S/C14H14N4O2S/c1-2-20-11(19)6-10-8-21-14-17-12(13(15)18(10)14)9-4-3-5-16-7-9/h3-5,7-8H,2,6,15H2,1H3. The first-order chi connectivity index (χ1) is 10.2. The molecule has 7 heteroatoms. The van der Waals surface area contributed by atoms with Crippen LogP contribution in [-0.2, 0) is 16.0 Å². The van der Waals surface area contributed by atoms with Crippen LogP contribution in [-0.4, -0.2) is 26.9 Å². The lowest BCUT2D eigenvalue weighted by Gasteiger charge is -2.03. The first kappa shape index (κ1) is 13.6. The number of anilines is 1. The molecule has 0 aromatic carbocycles. The first-order valence-electron chi connectivity index (χ1n) is 6.51. The van der Waals surface area contributed by atoms with Crippen molar-refractivity contribution in [2.24, 2.45) is 0 Å². The second-order valence-corrected chi connectivity index (χ2v) is 5.25. The molecule has 0 amide bonds. The lowest BCUT2D eigenvalue weighted by atomic mass is 10.2. The van der Waals surface area contributed by atoms with Crippen molar-refractivity contribution in [2.45, 2.75) is 13.3 Å². The highest BCUT2D eigenvalue weighted by Gasteiger charge is 2.17. The average molecular weight is 302 g/mol. The molecule has 0 aliphatic heterocycles. The number of nitrogens with zero attached hydrogens (tertiary/aromatic N) is 3. The Morgan fingerprint density at radius 3 is 3.10 bits per heavy atom. The molecule has 2 N–H and O–H groups in total. The van der Waals surface area contributed by atoms with Crippen molar-refractivity contribution in [1.29, 1.82) is 0 Å². The molecular formula is C14H14N4O2S. The van der Waals surface area contributed by atoms with Crippen molar-refractivity contribution >= 4 is 28.1 Å². The summed E-state index contributed by atoms with van der Waals surface area (Å²) in [5.41, 5.74) is 8.51. The van der Waals surface area contributed by atoms with E-state index in [9.17, 15) is 4.79 Å². The van der Waals surface area contributed by atoms with Gasteiger partial charge in [0.2, 0.25) is 0 Å². The Morgan fingerprint density at radius 2 is 2.38 bits per heavy atom. The predicted octanol–water partition coefficient (Wildman–Crippen LogP) is 2.15. The fourth-order valence-electron chi connectivity index (χ4n) is 2.14. The van der Waals surface area contributed by atoms with Gasteiger partial charge in [0.05, 0.1) is 13.0 Å². The smallest absolute Gasteiger partial charge is 0.311 e. The van der Waals surface area contributed by atoms with Crippen LogP contribution in [0.15, 0.2) is 29.9 Å². The third-order valence-electron chi connectivity index (χ3n) is 3.04. The lowest BCUT2D eigenvalue weighted by Crippen LogP contribution is -2.09. The molecule has 3 rings (SSSR count). The Labute approximate surface area is 125 Å². The van der Waals surface area contributed by atoms with E-state index in [2.05, 4.69) is 9.97 Å². The number of thiazole rings is 1. The quantitative estimate of drug-likeness (QED) is 0.747. The molecule has 0 atom stereocenters. The monoisotopic (exact) mass is 302 g/mol. The van der Waals surface area contributed by atoms with E-state index in [1.165, 1.54) is 11.3 Å². The van der Waals surface area contributed by atoms with Crippen molar-refractivity contribution in [1.82, 2.24) is 14.4 Å². The number of hydrogen-bond donors (Lipinski definition) is 1. The van der Waals surface area contributed by atoms with E-state index < -0.39 is 0 Å². The molecule has 108 valence electrons. The van der Waals surface area contributed by atoms with Gasteiger partial charge in [0.25, 0.3) is 0 Å². The fraction of sp³-hybridized carbons (Fsp3) is 0.214. The Bertz CT molecular complexity index is 779. The third kappa shape index (κ3) is 2.47. The Kier molecular flexibility index (Phi) is 3.57. The molecule has 0 aliphatic carbocycles. The van der Waals surface area contributed by atoms with E-state index in [4.69, 9.17) is 10.5 Å². The van der Waals surface area contributed by atoms with Crippen LogP contribution in [0.1, 0.15) is 12.6 Å². The van der Waals surface area contributed by atoms with Crippen LogP contribution >= 0.6 is 11.3 Å². The summed E-state index contributed by atoms with van der Waals surface area (Å²) in [4.78, 5) is 21.0. The Balaban J connectivity index is 2.02. The molecule has 0 radical (unpaired) electrons. The molecule has 0 saturated carbocycles. The van der Waals surface area contributed by atoms with Gasteiger partial charge in [0.15, 0.2) is 4.96 Å². The molecule has 0 fully saturated rings. The Hall–Kier alpha value is -2.41. The van der Waals surface area contributed by atoms with Crippen LogP contribution in [0.3, 0.4) is 0 Å². The summed E-state index contributed by atoms with van der Waals surface area (Å²) in [6, 6.07) is 3.74. The maximum atomic E-state index is 11.6. The van der Waals surface area contributed by atoms with Crippen LogP contribution in [0, 0.1) is 0 Å². The van der Waals surface area contributed by atoms with Crippen LogP contribution < -0.4 is 5.73 Å². The van der Waals surface area contributed by atoms with Gasteiger partial charge in [-0.15, -0.1) is 11.3 Å². The highest BCUT2D eigenvalue weighted by molar-refractivity contribution is 7.15. The van der Waals surface area contributed by atoms with Crippen molar-refractivity contribution < 1.29 is 9.53 Å². The molecule has 0 bridgehead atoms. The summed E-state index contributed by atoms with van der Waals surface area (Å²) in [5.74, 6) is 0.242. The third-order valence-corrected chi connectivity index (χ3v) is 3.91. The molecule has 6 nitrogen and oxygen atoms in total. The summed E-state index contributed by atoms with van der Waals surface area (Å²) in [5, 5.41) is 1.88. The number of nitrogens with two attached hydrogens (primary N) is 1. The topological polar surface area (TPSA) is 82.5 Å². The molecule has 0 aliphatic rings. The summed E-state index contributed by atoms with van der Waals surface area (Å²) in [7, 11) is 0. The zero-order chi connectivity index (χ0) is 14.8. The number of imidazole rings is 1. The number of nitrogen functional groups attached to an aromatic ring is 1. The molecule has 3 aromatic rings. The SMILES string of the molecule is CCOC(=O)Cc1csc2nc(-c3cccnc3)c(N)n12. The van der Waals surface area contributed by atoms with E-state index in [0.29, 0.717) is 18.1 Å². The zero-order valence-corrected chi connectivity index (χ0v) is 12.3. The molecular weight excluding hydrogens is 288 g/mol. The summed E-state index contributed by atoms with van der Waals surface area (Å²) in [6.45, 7) is 2.15. The minimum Gasteiger partial charge on any atom is -0.466 e. The van der Waals surface area contributed by atoms with E-state index in [0.717, 1.165) is 16.2 Å². The van der Waals surface area contributed by atoms with E-state index in [1.807, 2.05) is 17.5 Å². The van der Waals surface area contributed by atoms with Gasteiger partial charge < -0.3 is 10.5 Å². The number of rotatable bonds is 4. The van der Waals surface area contributed by atoms with Crippen LogP contribution in [0.4, 0.5) is 5.82 Å². The minimum absolute atomic E-state index is 0.181. The molecule has 0 unspecified atom stereocenters. The van der Waals surface area contributed by atoms with E-state index in [-0.39, 0.29) is 12.4 Å². The van der Waals surface area contributed by atoms with Gasteiger partial charge >= 0.3 is 5.97 Å². The Morgan fingerprint density at radius 1 is 1.52 bits per heavy atom. The van der Waals surface area contributed by atoms with Crippen molar-refractivity contribution in [3.63, 3.8) is 0 Å². The summed E-state index contributed by atoms with van der Waals surface area (Å²) < 4.78 is 6.77. The van der Waals surface area contributed by atoms with Crippen molar-refractivity contribution in [3.05, 3.63) is 35.6 Å². The molecule has 0 spiro atoms.